The van der Waals surface area contributed by atoms with E-state index in [2.05, 4.69) is 80.9 Å². The van der Waals surface area contributed by atoms with Gasteiger partial charge in [0.25, 0.3) is 0 Å². The van der Waals surface area contributed by atoms with Gasteiger partial charge in [-0.05, 0) is 119 Å². The molecule has 1 unspecified atom stereocenters. The summed E-state index contributed by atoms with van der Waals surface area (Å²) in [7, 11) is 3.75. The Labute approximate surface area is 538 Å². The minimum atomic E-state index is -0.866. The fraction of sp³-hybridized carbons (Fsp3) is 0.318. The Bertz CT molecular complexity index is 2870. The molecular formula is C66H74BBr3ClN3O6U. The third-order valence-electron chi connectivity index (χ3n) is 14.0. The van der Waals surface area contributed by atoms with Crippen molar-refractivity contribution < 1.29 is 60.1 Å². The van der Waals surface area contributed by atoms with Crippen molar-refractivity contribution in [2.75, 3.05) is 19.0 Å². The van der Waals surface area contributed by atoms with Crippen molar-refractivity contribution in [3.63, 3.8) is 0 Å². The molecule has 2 saturated heterocycles. The summed E-state index contributed by atoms with van der Waals surface area (Å²) in [6.45, 7) is 25.1. The Morgan fingerprint density at radius 2 is 0.988 bits per heavy atom. The number of aliphatic hydroxyl groups is 1. The van der Waals surface area contributed by atoms with Gasteiger partial charge in [-0.2, -0.15) is 4.99 Å². The normalized spacial score (nSPS) is 18.1. The van der Waals surface area contributed by atoms with E-state index in [9.17, 15) is 19.5 Å². The molecule has 0 aromatic heterocycles. The third-order valence-corrected chi connectivity index (χ3v) is 15.7. The first-order chi connectivity index (χ1) is 38.6. The molecule has 81 heavy (non-hydrogen) atoms. The molecular weight excluding hydrogens is 1450 g/mol. The molecule has 2 aliphatic rings. The second-order valence-electron chi connectivity index (χ2n) is 20.5. The van der Waals surface area contributed by atoms with Crippen molar-refractivity contribution in [1.29, 1.82) is 1.34 Å². The van der Waals surface area contributed by atoms with Gasteiger partial charge in [-0.1, -0.05) is 205 Å². The maximum Gasteiger partial charge on any atom is 0.411 e. The second-order valence-corrected chi connectivity index (χ2v) is 23.6. The molecule has 0 aliphatic carbocycles. The number of benzene rings is 6. The molecule has 2 radical (unpaired) electrons. The van der Waals surface area contributed by atoms with Crippen molar-refractivity contribution in [2.45, 2.75) is 115 Å². The Hall–Kier alpha value is -4.73. The van der Waals surface area contributed by atoms with E-state index in [0.717, 1.165) is 76.4 Å². The van der Waals surface area contributed by atoms with Gasteiger partial charge in [0.05, 0.1) is 23.7 Å². The van der Waals surface area contributed by atoms with E-state index in [-0.39, 0.29) is 61.4 Å². The first-order valence-corrected chi connectivity index (χ1v) is 29.3. The number of aliphatic imine (C=N–C) groups is 1. The van der Waals surface area contributed by atoms with Crippen LogP contribution in [0.5, 0.6) is 0 Å². The Morgan fingerprint density at radius 3 is 1.30 bits per heavy atom. The average Bonchev–Trinajstić information content (AvgIpc) is 3.65. The number of carbonyl (C=O) groups is 2. The Balaban J connectivity index is 0.000000296. The fourth-order valence-corrected chi connectivity index (χ4v) is 10.9. The average molecular weight is 1530 g/mol. The van der Waals surface area contributed by atoms with Crippen LogP contribution in [0.15, 0.2) is 219 Å². The van der Waals surface area contributed by atoms with E-state index < -0.39 is 16.8 Å². The summed E-state index contributed by atoms with van der Waals surface area (Å²) in [6.07, 6.45) is 4.89. The van der Waals surface area contributed by atoms with Crippen LogP contribution < -0.4 is 0 Å². The topological polar surface area (TPSA) is 109 Å². The van der Waals surface area contributed by atoms with E-state index >= 15 is 0 Å². The van der Waals surface area contributed by atoms with Gasteiger partial charge in [0.1, 0.15) is 11.2 Å². The molecule has 2 aliphatic heterocycles. The summed E-state index contributed by atoms with van der Waals surface area (Å²) in [4.78, 5) is 43.0. The number of ether oxygens (including phenoxy) is 2. The van der Waals surface area contributed by atoms with Gasteiger partial charge in [0, 0.05) is 104 Å². The number of carbonyl (C=O) groups excluding carboxylic acids is 3. The number of hydrogen-bond acceptors (Lipinski definition) is 7. The second kappa shape index (κ2) is 34.1. The van der Waals surface area contributed by atoms with Gasteiger partial charge in [-0.25, -0.2) is 14.4 Å². The first kappa shape index (κ1) is 68.8. The van der Waals surface area contributed by atoms with Crippen LogP contribution in [-0.2, 0) is 31.1 Å². The standard InChI is InChI=1S/2C22H24BrNO2.C13H17ClO.C9H8BrNO.BH.U/c2*1-16(2)15-22(19-7-5-4-6-8-19)13-14-24(21(25)26-22)17(3)18-9-11-20(23)12-10-18;1-11(2)10-13(15,8-9-14)12-6-4-3-5-7-12;1-7(11-6-12)8-2-4-9(10)5-3-8;;/h2*4-12,17H,1,13-15H2,2-3H3;3-7,15H,1,8-10H2,2H3;2-5,7H,1H3;1H;/t17-,22+;17-,22-;;7-;;/m00.0../s1/i;;;;1D;. The van der Waals surface area contributed by atoms with Gasteiger partial charge in [-0.15, -0.1) is 18.2 Å². The van der Waals surface area contributed by atoms with Crippen LogP contribution in [0, 0.1) is 31.1 Å². The summed E-state index contributed by atoms with van der Waals surface area (Å²) in [5.41, 5.74) is 7.05. The van der Waals surface area contributed by atoms with E-state index in [1.165, 1.54) is 0 Å². The summed E-state index contributed by atoms with van der Waals surface area (Å²) < 4.78 is 20.5. The minimum Gasteiger partial charge on any atom is -0.437 e. The van der Waals surface area contributed by atoms with E-state index in [0.29, 0.717) is 44.7 Å². The fourth-order valence-electron chi connectivity index (χ4n) is 9.84. The SMILES string of the molecule is C=C(C)CC(O)(CCCl)c1ccccc1.C=C(C)C[C@@]1(c2ccccc2)CCN([C@@H](C)c2ccc(Br)cc2)C(=O)O1.C=C(C)C[C@]1(c2ccccc2)CCN([C@@H](C)c2ccc(Br)cc2)C(=O)O1.C[C@H](N=C=O)c1ccc(Br)cc1.[2H][B].[U]. The molecule has 0 bridgehead atoms. The number of hydrogen-bond donors (Lipinski definition) is 1. The van der Waals surface area contributed by atoms with Gasteiger partial charge in [-0.3, -0.25) is 0 Å². The van der Waals surface area contributed by atoms with Crippen molar-refractivity contribution in [1.82, 2.24) is 9.80 Å². The van der Waals surface area contributed by atoms with Crippen molar-refractivity contribution >= 4 is 86.0 Å². The van der Waals surface area contributed by atoms with Crippen LogP contribution in [-0.4, -0.2) is 61.9 Å². The molecule has 2 fully saturated rings. The monoisotopic (exact) mass is 1530 g/mol. The number of halogens is 4. The number of nitrogens with zero attached hydrogens (tertiary/aromatic N) is 3. The Kier molecular flexibility index (Phi) is 29.0. The van der Waals surface area contributed by atoms with E-state index in [1.807, 2.05) is 215 Å². The van der Waals surface area contributed by atoms with Gasteiger partial charge in [0.15, 0.2) is 0 Å². The first-order valence-electron chi connectivity index (χ1n) is 26.9. The quantitative estimate of drug-likeness (QED) is 0.0320. The maximum absolute atomic E-state index is 12.9. The van der Waals surface area contributed by atoms with Crippen molar-refractivity contribution in [3.05, 3.63) is 247 Å². The van der Waals surface area contributed by atoms with Crippen LogP contribution in [0.25, 0.3) is 0 Å². The number of alkyl halides is 1. The third kappa shape index (κ3) is 20.8. The zero-order valence-electron chi connectivity index (χ0n) is 48.2. The summed E-state index contributed by atoms with van der Waals surface area (Å²) in [6, 6.07) is 53.3. The molecule has 6 aromatic rings. The van der Waals surface area contributed by atoms with Crippen LogP contribution in [0.2, 0.25) is 0 Å². The van der Waals surface area contributed by atoms with E-state index in [1.54, 1.807) is 6.08 Å². The summed E-state index contributed by atoms with van der Waals surface area (Å²) >= 11 is 16.0. The minimum absolute atomic E-state index is 0. The number of cyclic esters (lactones) is 2. The van der Waals surface area contributed by atoms with E-state index in [4.69, 9.17) is 22.4 Å². The predicted molar refractivity (Wildman–Crippen MR) is 339 cm³/mol. The molecule has 424 valence electrons. The zero-order chi connectivity index (χ0) is 59.8. The zero-order valence-corrected chi connectivity index (χ0v) is 56.9. The van der Waals surface area contributed by atoms with Crippen LogP contribution >= 0.6 is 59.4 Å². The summed E-state index contributed by atoms with van der Waals surface area (Å²) in [5, 5.41) is 10.5. The molecule has 6 atom stereocenters. The number of rotatable bonds is 17. The number of isocyanates is 1. The molecule has 1 N–H and O–H groups in total. The van der Waals surface area contributed by atoms with Gasteiger partial charge < -0.3 is 24.4 Å². The number of amides is 2. The molecule has 2 amide bonds. The van der Waals surface area contributed by atoms with Crippen molar-refractivity contribution in [2.24, 2.45) is 4.99 Å². The van der Waals surface area contributed by atoms with Gasteiger partial charge in [0.2, 0.25) is 6.08 Å². The largest absolute Gasteiger partial charge is 0.437 e. The molecule has 15 heteroatoms. The molecule has 8 rings (SSSR count). The van der Waals surface area contributed by atoms with Crippen LogP contribution in [0.3, 0.4) is 0 Å². The molecule has 6 aromatic carbocycles. The summed E-state index contributed by atoms with van der Waals surface area (Å²) in [5.74, 6) is 0.443. The predicted octanol–water partition coefficient (Wildman–Crippen LogP) is 18.1. The molecule has 0 saturated carbocycles. The van der Waals surface area contributed by atoms with Gasteiger partial charge >= 0.3 is 12.2 Å². The van der Waals surface area contributed by atoms with Crippen LogP contribution in [0.1, 0.15) is 132 Å². The van der Waals surface area contributed by atoms with Crippen LogP contribution in [0.4, 0.5) is 9.59 Å². The maximum atomic E-state index is 12.9. The molecule has 0 spiro atoms. The molecule has 2 heterocycles. The smallest absolute Gasteiger partial charge is 0.411 e. The Morgan fingerprint density at radius 1 is 0.642 bits per heavy atom. The van der Waals surface area contributed by atoms with Crippen molar-refractivity contribution in [3.8, 4) is 0 Å². The molecule has 9 nitrogen and oxygen atoms in total.